The fourth-order valence-corrected chi connectivity index (χ4v) is 3.24. The third-order valence-corrected chi connectivity index (χ3v) is 5.29. The number of piperazine rings is 1. The predicted octanol–water partition coefficient (Wildman–Crippen LogP) is 1.97. The Hall–Kier alpha value is -0.490. The van der Waals surface area contributed by atoms with E-state index in [1.165, 1.54) is 5.56 Å². The van der Waals surface area contributed by atoms with E-state index in [2.05, 4.69) is 40.5 Å². The summed E-state index contributed by atoms with van der Waals surface area (Å²) >= 11 is 6.95. The number of rotatable bonds is 5. The Kier molecular flexibility index (Phi) is 4.95. The molecule has 2 rings (SSSR count). The van der Waals surface area contributed by atoms with E-state index in [9.17, 15) is 0 Å². The normalized spacial score (nSPS) is 18.6. The quantitative estimate of drug-likeness (QED) is 0.842. The Morgan fingerprint density at radius 1 is 1.37 bits per heavy atom. The molecule has 0 unspecified atom stereocenters. The molecule has 2 N–H and O–H groups in total. The standard InChI is InChI=1S/C14H23N3S2/c1-14(2,13(15)18)17-8-6-16(7-9-17)5-3-12-4-10-19-11-12/h4,10-11H,3,5-9H2,1-2H3,(H2,15,18). The molecule has 1 aliphatic rings. The highest BCUT2D eigenvalue weighted by Crippen LogP contribution is 2.17. The van der Waals surface area contributed by atoms with Crippen LogP contribution in [0.2, 0.25) is 0 Å². The van der Waals surface area contributed by atoms with Crippen molar-refractivity contribution >= 4 is 28.5 Å². The van der Waals surface area contributed by atoms with Crippen LogP contribution in [0.15, 0.2) is 16.8 Å². The molecule has 0 atom stereocenters. The van der Waals surface area contributed by atoms with Gasteiger partial charge in [0.15, 0.2) is 0 Å². The number of thiophene rings is 1. The molecule has 0 saturated carbocycles. The molecule has 1 saturated heterocycles. The summed E-state index contributed by atoms with van der Waals surface area (Å²) in [5.41, 5.74) is 7.13. The van der Waals surface area contributed by atoms with Gasteiger partial charge in [0, 0.05) is 32.7 Å². The van der Waals surface area contributed by atoms with Crippen LogP contribution >= 0.6 is 23.6 Å². The molecule has 0 spiro atoms. The van der Waals surface area contributed by atoms with Crippen LogP contribution in [-0.2, 0) is 6.42 Å². The SMILES string of the molecule is CC(C)(C(N)=S)N1CCN(CCc2ccsc2)CC1. The minimum absolute atomic E-state index is 0.158. The molecule has 0 amide bonds. The van der Waals surface area contributed by atoms with E-state index in [1.54, 1.807) is 11.3 Å². The van der Waals surface area contributed by atoms with Crippen LogP contribution in [0.4, 0.5) is 0 Å². The van der Waals surface area contributed by atoms with Gasteiger partial charge in [0.1, 0.15) is 0 Å². The summed E-state index contributed by atoms with van der Waals surface area (Å²) in [6.45, 7) is 9.71. The van der Waals surface area contributed by atoms with E-state index in [-0.39, 0.29) is 5.54 Å². The Morgan fingerprint density at radius 2 is 2.05 bits per heavy atom. The highest BCUT2D eigenvalue weighted by molar-refractivity contribution is 7.80. The minimum Gasteiger partial charge on any atom is -0.392 e. The summed E-state index contributed by atoms with van der Waals surface area (Å²) in [5, 5.41) is 4.39. The zero-order valence-corrected chi connectivity index (χ0v) is 13.4. The van der Waals surface area contributed by atoms with Crippen molar-refractivity contribution in [2.75, 3.05) is 32.7 Å². The molecule has 5 heteroatoms. The fourth-order valence-electron chi connectivity index (χ4n) is 2.41. The first-order valence-corrected chi connectivity index (χ1v) is 8.13. The van der Waals surface area contributed by atoms with Crippen molar-refractivity contribution in [3.05, 3.63) is 22.4 Å². The van der Waals surface area contributed by atoms with E-state index in [4.69, 9.17) is 18.0 Å². The maximum absolute atomic E-state index is 5.84. The topological polar surface area (TPSA) is 32.5 Å². The van der Waals surface area contributed by atoms with Crippen LogP contribution in [0, 0.1) is 0 Å². The second-order valence-electron chi connectivity index (χ2n) is 5.63. The molecular weight excluding hydrogens is 274 g/mol. The lowest BCUT2D eigenvalue weighted by molar-refractivity contribution is 0.0867. The largest absolute Gasteiger partial charge is 0.392 e. The summed E-state index contributed by atoms with van der Waals surface area (Å²) in [4.78, 5) is 5.53. The molecule has 106 valence electrons. The third-order valence-electron chi connectivity index (χ3n) is 4.06. The molecule has 0 radical (unpaired) electrons. The van der Waals surface area contributed by atoms with Crippen molar-refractivity contribution in [2.45, 2.75) is 25.8 Å². The van der Waals surface area contributed by atoms with Crippen molar-refractivity contribution in [3.8, 4) is 0 Å². The number of nitrogens with two attached hydrogens (primary N) is 1. The predicted molar refractivity (Wildman–Crippen MR) is 86.9 cm³/mol. The monoisotopic (exact) mass is 297 g/mol. The molecule has 1 aliphatic heterocycles. The molecule has 3 nitrogen and oxygen atoms in total. The molecule has 0 aliphatic carbocycles. The van der Waals surface area contributed by atoms with E-state index in [0.29, 0.717) is 4.99 Å². The molecule has 1 aromatic heterocycles. The van der Waals surface area contributed by atoms with E-state index in [1.807, 2.05) is 0 Å². The summed E-state index contributed by atoms with van der Waals surface area (Å²) in [6.07, 6.45) is 1.15. The lowest BCUT2D eigenvalue weighted by Crippen LogP contribution is -2.59. The molecule has 19 heavy (non-hydrogen) atoms. The average Bonchev–Trinajstić information content (AvgIpc) is 2.90. The van der Waals surface area contributed by atoms with Crippen LogP contribution in [0.5, 0.6) is 0 Å². The lowest BCUT2D eigenvalue weighted by Gasteiger charge is -2.43. The van der Waals surface area contributed by atoms with Gasteiger partial charge in [-0.15, -0.1) is 0 Å². The molecule has 1 aromatic rings. The first kappa shape index (κ1) is 14.9. The summed E-state index contributed by atoms with van der Waals surface area (Å²) in [6, 6.07) is 2.22. The average molecular weight is 297 g/mol. The fraction of sp³-hybridized carbons (Fsp3) is 0.643. The molecule has 2 heterocycles. The Morgan fingerprint density at radius 3 is 2.58 bits per heavy atom. The summed E-state index contributed by atoms with van der Waals surface area (Å²) < 4.78 is 0. The highest BCUT2D eigenvalue weighted by atomic mass is 32.1. The van der Waals surface area contributed by atoms with Gasteiger partial charge in [-0.25, -0.2) is 0 Å². The molecule has 1 fully saturated rings. The van der Waals surface area contributed by atoms with Gasteiger partial charge in [-0.2, -0.15) is 11.3 Å². The van der Waals surface area contributed by atoms with Crippen molar-refractivity contribution in [2.24, 2.45) is 5.73 Å². The maximum Gasteiger partial charge on any atom is 0.0928 e. The van der Waals surface area contributed by atoms with Gasteiger partial charge in [-0.1, -0.05) is 12.2 Å². The van der Waals surface area contributed by atoms with Crippen molar-refractivity contribution in [3.63, 3.8) is 0 Å². The van der Waals surface area contributed by atoms with E-state index < -0.39 is 0 Å². The van der Waals surface area contributed by atoms with Crippen LogP contribution in [0.25, 0.3) is 0 Å². The van der Waals surface area contributed by atoms with Gasteiger partial charge in [-0.3, -0.25) is 4.90 Å². The third kappa shape index (κ3) is 3.75. The van der Waals surface area contributed by atoms with Gasteiger partial charge in [0.05, 0.1) is 10.5 Å². The minimum atomic E-state index is -0.158. The van der Waals surface area contributed by atoms with E-state index >= 15 is 0 Å². The number of hydrogen-bond donors (Lipinski definition) is 1. The van der Waals surface area contributed by atoms with Gasteiger partial charge in [-0.05, 0) is 42.7 Å². The van der Waals surface area contributed by atoms with Crippen LogP contribution in [0.3, 0.4) is 0 Å². The second kappa shape index (κ2) is 6.31. The van der Waals surface area contributed by atoms with Crippen LogP contribution in [0.1, 0.15) is 19.4 Å². The van der Waals surface area contributed by atoms with Gasteiger partial charge >= 0.3 is 0 Å². The van der Waals surface area contributed by atoms with Crippen molar-refractivity contribution in [1.29, 1.82) is 0 Å². The maximum atomic E-state index is 5.84. The molecule has 0 aromatic carbocycles. The van der Waals surface area contributed by atoms with Gasteiger partial charge < -0.3 is 10.6 Å². The number of nitrogens with zero attached hydrogens (tertiary/aromatic N) is 2. The smallest absolute Gasteiger partial charge is 0.0928 e. The first-order chi connectivity index (χ1) is 9.00. The molecular formula is C14H23N3S2. The zero-order chi connectivity index (χ0) is 13.9. The van der Waals surface area contributed by atoms with E-state index in [0.717, 1.165) is 39.1 Å². The Balaban J connectivity index is 1.78. The van der Waals surface area contributed by atoms with Crippen molar-refractivity contribution in [1.82, 2.24) is 9.80 Å². The lowest BCUT2D eigenvalue weighted by atomic mass is 10.0. The van der Waals surface area contributed by atoms with Gasteiger partial charge in [0.25, 0.3) is 0 Å². The van der Waals surface area contributed by atoms with Crippen LogP contribution < -0.4 is 5.73 Å². The zero-order valence-electron chi connectivity index (χ0n) is 11.8. The highest BCUT2D eigenvalue weighted by Gasteiger charge is 2.31. The number of hydrogen-bond acceptors (Lipinski definition) is 4. The second-order valence-corrected chi connectivity index (χ2v) is 6.85. The summed E-state index contributed by atoms with van der Waals surface area (Å²) in [5.74, 6) is 0. The van der Waals surface area contributed by atoms with Gasteiger partial charge in [0.2, 0.25) is 0 Å². The number of thiocarbonyl (C=S) groups is 1. The Labute approximate surface area is 125 Å². The van der Waals surface area contributed by atoms with Crippen LogP contribution in [-0.4, -0.2) is 53.1 Å². The molecule has 0 bridgehead atoms. The van der Waals surface area contributed by atoms with Crippen molar-refractivity contribution < 1.29 is 0 Å². The first-order valence-electron chi connectivity index (χ1n) is 6.78. The summed E-state index contributed by atoms with van der Waals surface area (Å²) in [7, 11) is 0. The Bertz CT molecular complexity index is 406.